The SMILES string of the molecule is Cc1ccc(/C=N\NC(=O)CSc2nnc(CNc3cccc4ccccc34)n2-c2ccccc2)o1. The van der Waals surface area contributed by atoms with E-state index in [9.17, 15) is 4.79 Å². The number of aromatic nitrogens is 3. The molecule has 2 N–H and O–H groups in total. The van der Waals surface area contributed by atoms with Crippen LogP contribution >= 0.6 is 11.8 Å². The number of carbonyl (C=O) groups is 1. The van der Waals surface area contributed by atoms with Crippen molar-refractivity contribution in [3.8, 4) is 5.69 Å². The third kappa shape index (κ3) is 5.47. The largest absolute Gasteiger partial charge is 0.460 e. The van der Waals surface area contributed by atoms with E-state index in [1.165, 1.54) is 23.4 Å². The highest BCUT2D eigenvalue weighted by molar-refractivity contribution is 7.99. The number of fused-ring (bicyclic) bond motifs is 1. The number of hydrazone groups is 1. The molecule has 0 spiro atoms. The number of rotatable bonds is 9. The minimum atomic E-state index is -0.252. The number of carbonyl (C=O) groups excluding carboxylic acids is 1. The van der Waals surface area contributed by atoms with Crippen LogP contribution in [0.25, 0.3) is 16.5 Å². The van der Waals surface area contributed by atoms with Gasteiger partial charge in [0.05, 0.1) is 18.5 Å². The van der Waals surface area contributed by atoms with E-state index in [1.54, 1.807) is 6.07 Å². The van der Waals surface area contributed by atoms with Gasteiger partial charge in [0, 0.05) is 16.8 Å². The van der Waals surface area contributed by atoms with Crippen LogP contribution in [0.15, 0.2) is 99.6 Å². The Kier molecular flexibility index (Phi) is 7.09. The zero-order valence-corrected chi connectivity index (χ0v) is 20.4. The molecule has 5 rings (SSSR count). The maximum absolute atomic E-state index is 12.4. The van der Waals surface area contributed by atoms with E-state index >= 15 is 0 Å². The zero-order chi connectivity index (χ0) is 24.7. The van der Waals surface area contributed by atoms with E-state index < -0.39 is 0 Å². The average molecular weight is 497 g/mol. The fourth-order valence-corrected chi connectivity index (χ4v) is 4.51. The van der Waals surface area contributed by atoms with Gasteiger partial charge in [-0.3, -0.25) is 9.36 Å². The van der Waals surface area contributed by atoms with Crippen molar-refractivity contribution >= 4 is 40.3 Å². The number of aryl methyl sites for hydroxylation is 1. The molecule has 2 aromatic heterocycles. The number of nitrogens with one attached hydrogen (secondary N) is 2. The first-order valence-electron chi connectivity index (χ1n) is 11.4. The van der Waals surface area contributed by atoms with Gasteiger partial charge < -0.3 is 9.73 Å². The number of para-hydroxylation sites is 1. The highest BCUT2D eigenvalue weighted by Crippen LogP contribution is 2.25. The summed E-state index contributed by atoms with van der Waals surface area (Å²) < 4.78 is 7.37. The maximum atomic E-state index is 12.4. The lowest BCUT2D eigenvalue weighted by molar-refractivity contribution is -0.118. The molecular weight excluding hydrogens is 472 g/mol. The van der Waals surface area contributed by atoms with E-state index in [0.717, 1.165) is 28.3 Å². The molecule has 0 bridgehead atoms. The van der Waals surface area contributed by atoms with Crippen molar-refractivity contribution < 1.29 is 9.21 Å². The molecule has 0 saturated heterocycles. The van der Waals surface area contributed by atoms with Gasteiger partial charge in [-0.15, -0.1) is 10.2 Å². The van der Waals surface area contributed by atoms with Crippen molar-refractivity contribution in [1.29, 1.82) is 0 Å². The number of anilines is 1. The monoisotopic (exact) mass is 496 g/mol. The summed E-state index contributed by atoms with van der Waals surface area (Å²) in [5.74, 6) is 1.98. The van der Waals surface area contributed by atoms with Crippen LogP contribution in [0.1, 0.15) is 17.3 Å². The molecule has 0 fully saturated rings. The Labute approximate surface area is 212 Å². The summed E-state index contributed by atoms with van der Waals surface area (Å²) in [5.41, 5.74) is 4.46. The summed E-state index contributed by atoms with van der Waals surface area (Å²) in [6.45, 7) is 2.32. The normalized spacial score (nSPS) is 11.2. The molecule has 9 heteroatoms. The smallest absolute Gasteiger partial charge is 0.250 e. The molecule has 0 atom stereocenters. The number of furan rings is 1. The summed E-state index contributed by atoms with van der Waals surface area (Å²) in [4.78, 5) is 12.4. The Morgan fingerprint density at radius 1 is 1.00 bits per heavy atom. The van der Waals surface area contributed by atoms with Crippen molar-refractivity contribution in [2.45, 2.75) is 18.6 Å². The molecule has 8 nitrogen and oxygen atoms in total. The maximum Gasteiger partial charge on any atom is 0.250 e. The molecule has 5 aromatic rings. The molecule has 0 aliphatic carbocycles. The molecule has 0 radical (unpaired) electrons. The molecule has 0 saturated carbocycles. The van der Waals surface area contributed by atoms with Crippen LogP contribution in [0.2, 0.25) is 0 Å². The van der Waals surface area contributed by atoms with Crippen LogP contribution in [-0.2, 0) is 11.3 Å². The second-order valence-electron chi connectivity index (χ2n) is 7.98. The summed E-state index contributed by atoms with van der Waals surface area (Å²) in [5, 5.41) is 19.2. The predicted molar refractivity (Wildman–Crippen MR) is 143 cm³/mol. The zero-order valence-electron chi connectivity index (χ0n) is 19.6. The van der Waals surface area contributed by atoms with Gasteiger partial charge in [0.15, 0.2) is 11.0 Å². The fraction of sp³-hybridized carbons (Fsp3) is 0.111. The van der Waals surface area contributed by atoms with E-state index in [2.05, 4.69) is 50.3 Å². The highest BCUT2D eigenvalue weighted by Gasteiger charge is 2.16. The number of amides is 1. The van der Waals surface area contributed by atoms with Gasteiger partial charge in [-0.05, 0) is 42.6 Å². The lowest BCUT2D eigenvalue weighted by Crippen LogP contribution is -2.20. The van der Waals surface area contributed by atoms with E-state index in [4.69, 9.17) is 4.42 Å². The van der Waals surface area contributed by atoms with Gasteiger partial charge in [0.25, 0.3) is 5.91 Å². The standard InChI is InChI=1S/C27H24N6O2S/c1-19-14-15-22(35-19)16-29-31-26(34)18-36-27-32-30-25(33(27)21-10-3-2-4-11-21)17-28-24-13-7-9-20-8-5-6-12-23(20)24/h2-16,28H,17-18H2,1H3,(H,31,34)/b29-16-. The van der Waals surface area contributed by atoms with Crippen molar-refractivity contribution in [2.24, 2.45) is 5.10 Å². The van der Waals surface area contributed by atoms with Crippen LogP contribution in [-0.4, -0.2) is 32.6 Å². The Hall–Kier alpha value is -4.37. The fourth-order valence-electron chi connectivity index (χ4n) is 3.75. The first-order chi connectivity index (χ1) is 17.7. The van der Waals surface area contributed by atoms with Crippen molar-refractivity contribution in [3.63, 3.8) is 0 Å². The molecule has 0 aliphatic rings. The van der Waals surface area contributed by atoms with E-state index in [0.29, 0.717) is 17.5 Å². The third-order valence-electron chi connectivity index (χ3n) is 5.42. The summed E-state index contributed by atoms with van der Waals surface area (Å²) in [7, 11) is 0. The Morgan fingerprint density at radius 2 is 1.81 bits per heavy atom. The Bertz CT molecular complexity index is 1500. The van der Waals surface area contributed by atoms with Crippen LogP contribution in [0.3, 0.4) is 0 Å². The number of thioether (sulfide) groups is 1. The second-order valence-corrected chi connectivity index (χ2v) is 8.92. The Balaban J connectivity index is 1.30. The Morgan fingerprint density at radius 3 is 2.64 bits per heavy atom. The number of nitrogens with zero attached hydrogens (tertiary/aromatic N) is 4. The quantitative estimate of drug-likeness (QED) is 0.166. The van der Waals surface area contributed by atoms with E-state index in [1.807, 2.05) is 66.1 Å². The molecule has 36 heavy (non-hydrogen) atoms. The van der Waals surface area contributed by atoms with Gasteiger partial charge in [-0.1, -0.05) is 66.4 Å². The molecule has 0 aliphatic heterocycles. The molecule has 1 amide bonds. The van der Waals surface area contributed by atoms with Gasteiger partial charge in [-0.2, -0.15) is 5.10 Å². The first-order valence-corrected chi connectivity index (χ1v) is 12.4. The second kappa shape index (κ2) is 10.9. The first kappa shape index (κ1) is 23.4. The summed E-state index contributed by atoms with van der Waals surface area (Å²) >= 11 is 1.30. The van der Waals surface area contributed by atoms with Crippen molar-refractivity contribution in [1.82, 2.24) is 20.2 Å². The topological polar surface area (TPSA) is 97.3 Å². The third-order valence-corrected chi connectivity index (χ3v) is 6.34. The molecule has 0 unspecified atom stereocenters. The minimum absolute atomic E-state index is 0.135. The van der Waals surface area contributed by atoms with Gasteiger partial charge >= 0.3 is 0 Å². The van der Waals surface area contributed by atoms with Gasteiger partial charge in [0.2, 0.25) is 0 Å². The molecular formula is C27H24N6O2S. The van der Waals surface area contributed by atoms with Crippen LogP contribution in [0.5, 0.6) is 0 Å². The van der Waals surface area contributed by atoms with Crippen LogP contribution in [0, 0.1) is 6.92 Å². The summed E-state index contributed by atoms with van der Waals surface area (Å²) in [6, 6.07) is 27.9. The lowest BCUT2D eigenvalue weighted by Gasteiger charge is -2.12. The van der Waals surface area contributed by atoms with Gasteiger partial charge in [-0.25, -0.2) is 5.43 Å². The van der Waals surface area contributed by atoms with E-state index in [-0.39, 0.29) is 11.7 Å². The number of benzene rings is 3. The van der Waals surface area contributed by atoms with Crippen LogP contribution in [0.4, 0.5) is 5.69 Å². The number of hydrogen-bond donors (Lipinski definition) is 2. The summed E-state index contributed by atoms with van der Waals surface area (Å²) in [6.07, 6.45) is 1.47. The van der Waals surface area contributed by atoms with Crippen molar-refractivity contribution in [2.75, 3.05) is 11.1 Å². The lowest BCUT2D eigenvalue weighted by atomic mass is 10.1. The van der Waals surface area contributed by atoms with Crippen molar-refractivity contribution in [3.05, 3.63) is 102 Å². The minimum Gasteiger partial charge on any atom is -0.460 e. The van der Waals surface area contributed by atoms with Gasteiger partial charge in [0.1, 0.15) is 11.5 Å². The molecule has 2 heterocycles. The average Bonchev–Trinajstić information content (AvgIpc) is 3.52. The highest BCUT2D eigenvalue weighted by atomic mass is 32.2. The van der Waals surface area contributed by atoms with Crippen LogP contribution < -0.4 is 10.7 Å². The molecule has 3 aromatic carbocycles. The number of hydrogen-bond acceptors (Lipinski definition) is 7. The molecule has 180 valence electrons. The predicted octanol–water partition coefficient (Wildman–Crippen LogP) is 5.18.